The summed E-state index contributed by atoms with van der Waals surface area (Å²) in [7, 11) is 0. The summed E-state index contributed by atoms with van der Waals surface area (Å²) in [4.78, 5) is 38.2. The number of anilines is 1. The van der Waals surface area contributed by atoms with Gasteiger partial charge in [0, 0.05) is 47.5 Å². The minimum atomic E-state index is -0.529. The summed E-state index contributed by atoms with van der Waals surface area (Å²) < 4.78 is 5.41. The molecule has 2 aliphatic carbocycles. The molecule has 2 fully saturated rings. The lowest BCUT2D eigenvalue weighted by Gasteiger charge is -2.31. The molecule has 2 aromatic heterocycles. The van der Waals surface area contributed by atoms with E-state index in [2.05, 4.69) is 25.6 Å². The third kappa shape index (κ3) is 5.91. The lowest BCUT2D eigenvalue weighted by atomic mass is 9.90. The average Bonchev–Trinajstić information content (AvgIpc) is 3.74. The normalized spacial score (nSPS) is 19.4. The molecule has 3 aromatic rings. The highest BCUT2D eigenvalue weighted by Gasteiger charge is 2.33. The van der Waals surface area contributed by atoms with E-state index in [4.69, 9.17) is 10.00 Å². The zero-order valence-electron chi connectivity index (χ0n) is 22.0. The number of nitrogens with one attached hydrogen (secondary N) is 2. The zero-order chi connectivity index (χ0) is 26.9. The molecule has 0 spiro atoms. The van der Waals surface area contributed by atoms with Crippen LogP contribution in [-0.2, 0) is 4.74 Å². The molecular weight excluding hydrogens is 480 g/mol. The average molecular weight is 513 g/mol. The molecule has 5 rings (SSSR count). The van der Waals surface area contributed by atoms with Crippen molar-refractivity contribution in [2.24, 2.45) is 5.92 Å². The van der Waals surface area contributed by atoms with Gasteiger partial charge in [-0.05, 0) is 77.0 Å². The SMILES string of the molecule is CC(C)(C)OC(=O)N[C@H]1CC[C@H](Nc2c(C(=O)C3CC3)cnc3ccc(-c4cnc(C#N)nc4)cc23)CC1. The summed E-state index contributed by atoms with van der Waals surface area (Å²) >= 11 is 0. The van der Waals surface area contributed by atoms with Crippen molar-refractivity contribution in [2.45, 2.75) is 77.0 Å². The fourth-order valence-corrected chi connectivity index (χ4v) is 4.88. The fourth-order valence-electron chi connectivity index (χ4n) is 4.88. The van der Waals surface area contributed by atoms with E-state index < -0.39 is 5.60 Å². The number of ketones is 1. The maximum absolute atomic E-state index is 13.2. The maximum atomic E-state index is 13.2. The highest BCUT2D eigenvalue weighted by Crippen LogP contribution is 2.38. The quantitative estimate of drug-likeness (QED) is 0.420. The molecule has 9 heteroatoms. The van der Waals surface area contributed by atoms with Crippen molar-refractivity contribution in [3.05, 3.63) is 48.2 Å². The van der Waals surface area contributed by atoms with Gasteiger partial charge in [0.25, 0.3) is 0 Å². The van der Waals surface area contributed by atoms with E-state index in [-0.39, 0.29) is 35.7 Å². The van der Waals surface area contributed by atoms with Gasteiger partial charge in [0.15, 0.2) is 5.78 Å². The Bertz CT molecular complexity index is 1390. The van der Waals surface area contributed by atoms with E-state index in [1.807, 2.05) is 45.0 Å². The summed E-state index contributed by atoms with van der Waals surface area (Å²) in [5.41, 5.74) is 3.36. The summed E-state index contributed by atoms with van der Waals surface area (Å²) in [5, 5.41) is 16.6. The zero-order valence-corrected chi connectivity index (χ0v) is 22.0. The molecule has 0 radical (unpaired) electrons. The van der Waals surface area contributed by atoms with Crippen LogP contribution in [-0.4, -0.2) is 44.5 Å². The van der Waals surface area contributed by atoms with Crippen LogP contribution >= 0.6 is 0 Å². The lowest BCUT2D eigenvalue weighted by molar-refractivity contribution is 0.0492. The number of nitriles is 1. The monoisotopic (exact) mass is 512 g/mol. The Kier molecular flexibility index (Phi) is 6.98. The second-order valence-electron chi connectivity index (χ2n) is 11.2. The first-order valence-electron chi connectivity index (χ1n) is 13.2. The molecule has 0 atom stereocenters. The number of amides is 1. The Hall–Kier alpha value is -4.06. The van der Waals surface area contributed by atoms with Crippen molar-refractivity contribution in [3.8, 4) is 17.2 Å². The van der Waals surface area contributed by atoms with Crippen molar-refractivity contribution in [2.75, 3.05) is 5.32 Å². The van der Waals surface area contributed by atoms with E-state index in [9.17, 15) is 9.59 Å². The molecular formula is C29H32N6O3. The number of hydrogen-bond acceptors (Lipinski definition) is 8. The maximum Gasteiger partial charge on any atom is 0.407 e. The Morgan fingerprint density at radius 2 is 1.63 bits per heavy atom. The van der Waals surface area contributed by atoms with Gasteiger partial charge in [-0.3, -0.25) is 9.78 Å². The fraction of sp³-hybridized carbons (Fsp3) is 0.448. The van der Waals surface area contributed by atoms with Crippen molar-refractivity contribution in [1.82, 2.24) is 20.3 Å². The van der Waals surface area contributed by atoms with Gasteiger partial charge in [0.05, 0.1) is 16.8 Å². The number of carbonyl (C=O) groups excluding carboxylic acids is 2. The second-order valence-corrected chi connectivity index (χ2v) is 11.2. The number of carbonyl (C=O) groups is 2. The number of Topliss-reactive ketones (excluding diaryl/α,β-unsaturated/α-hetero) is 1. The number of alkyl carbamates (subject to hydrolysis) is 1. The molecule has 38 heavy (non-hydrogen) atoms. The summed E-state index contributed by atoms with van der Waals surface area (Å²) in [6, 6.07) is 8.04. The lowest BCUT2D eigenvalue weighted by Crippen LogP contribution is -2.42. The molecule has 1 amide bonds. The third-order valence-corrected chi connectivity index (χ3v) is 6.96. The van der Waals surface area contributed by atoms with Gasteiger partial charge in [-0.2, -0.15) is 5.26 Å². The molecule has 1 aromatic carbocycles. The first-order chi connectivity index (χ1) is 18.2. The molecule has 2 aliphatic rings. The van der Waals surface area contributed by atoms with Gasteiger partial charge in [0.2, 0.25) is 5.82 Å². The van der Waals surface area contributed by atoms with Gasteiger partial charge in [-0.25, -0.2) is 14.8 Å². The standard InChI is InChI=1S/C29H32N6O3/c1-29(2,3)38-28(37)35-21-9-7-20(8-10-21)34-26-22-12-18(19-14-32-25(13-30)33-15-19)6-11-24(22)31-16-23(26)27(36)17-4-5-17/h6,11-12,14-17,20-21H,4-5,7-10H2,1-3H3,(H,31,34)(H,35,37)/t20-,21-. The summed E-state index contributed by atoms with van der Waals surface area (Å²) in [6.07, 6.45) is 9.75. The number of ether oxygens (including phenoxy) is 1. The number of hydrogen-bond donors (Lipinski definition) is 2. The second kappa shape index (κ2) is 10.4. The van der Waals surface area contributed by atoms with Crippen LogP contribution in [0.2, 0.25) is 0 Å². The Morgan fingerprint density at radius 3 is 2.26 bits per heavy atom. The predicted molar refractivity (Wildman–Crippen MR) is 144 cm³/mol. The molecule has 2 saturated carbocycles. The van der Waals surface area contributed by atoms with Crippen LogP contribution in [0.4, 0.5) is 10.5 Å². The summed E-state index contributed by atoms with van der Waals surface area (Å²) in [5.74, 6) is 0.320. The van der Waals surface area contributed by atoms with Gasteiger partial charge in [0.1, 0.15) is 11.7 Å². The van der Waals surface area contributed by atoms with E-state index in [1.165, 1.54) is 0 Å². The Labute approximate surface area is 222 Å². The number of pyridine rings is 1. The van der Waals surface area contributed by atoms with Crippen LogP contribution in [0.3, 0.4) is 0 Å². The molecule has 196 valence electrons. The van der Waals surface area contributed by atoms with Crippen LogP contribution in [0.1, 0.15) is 75.5 Å². The minimum Gasteiger partial charge on any atom is -0.444 e. The van der Waals surface area contributed by atoms with E-state index >= 15 is 0 Å². The van der Waals surface area contributed by atoms with Crippen molar-refractivity contribution >= 4 is 28.5 Å². The van der Waals surface area contributed by atoms with Crippen molar-refractivity contribution in [1.29, 1.82) is 5.26 Å². The van der Waals surface area contributed by atoms with Gasteiger partial charge in [-0.1, -0.05) is 6.07 Å². The molecule has 2 N–H and O–H groups in total. The van der Waals surface area contributed by atoms with Gasteiger partial charge < -0.3 is 15.4 Å². The van der Waals surface area contributed by atoms with E-state index in [1.54, 1.807) is 18.6 Å². The molecule has 0 saturated heterocycles. The van der Waals surface area contributed by atoms with E-state index in [0.717, 1.165) is 66.2 Å². The summed E-state index contributed by atoms with van der Waals surface area (Å²) in [6.45, 7) is 5.56. The topological polar surface area (TPSA) is 130 Å². The number of aromatic nitrogens is 3. The highest BCUT2D eigenvalue weighted by molar-refractivity contribution is 6.10. The van der Waals surface area contributed by atoms with E-state index in [0.29, 0.717) is 5.56 Å². The number of nitrogens with zero attached hydrogens (tertiary/aromatic N) is 4. The van der Waals surface area contributed by atoms with Crippen LogP contribution in [0.15, 0.2) is 36.8 Å². The smallest absolute Gasteiger partial charge is 0.407 e. The molecule has 2 heterocycles. The number of fused-ring (bicyclic) bond motifs is 1. The molecule has 9 nitrogen and oxygen atoms in total. The Morgan fingerprint density at radius 1 is 0.947 bits per heavy atom. The highest BCUT2D eigenvalue weighted by atomic mass is 16.6. The van der Waals surface area contributed by atoms with Crippen LogP contribution in [0.25, 0.3) is 22.0 Å². The Balaban J connectivity index is 1.39. The van der Waals surface area contributed by atoms with Gasteiger partial charge >= 0.3 is 6.09 Å². The van der Waals surface area contributed by atoms with Crippen LogP contribution in [0, 0.1) is 17.2 Å². The molecule has 0 bridgehead atoms. The minimum absolute atomic E-state index is 0.0626. The largest absolute Gasteiger partial charge is 0.444 e. The number of rotatable bonds is 6. The first kappa shape index (κ1) is 25.6. The van der Waals surface area contributed by atoms with Crippen LogP contribution < -0.4 is 10.6 Å². The molecule has 0 aliphatic heterocycles. The molecule has 0 unspecified atom stereocenters. The predicted octanol–water partition coefficient (Wildman–Crippen LogP) is 5.40. The van der Waals surface area contributed by atoms with Crippen molar-refractivity contribution < 1.29 is 14.3 Å². The van der Waals surface area contributed by atoms with Crippen molar-refractivity contribution in [3.63, 3.8) is 0 Å². The van der Waals surface area contributed by atoms with Gasteiger partial charge in [-0.15, -0.1) is 0 Å². The third-order valence-electron chi connectivity index (χ3n) is 6.96. The number of benzene rings is 1. The first-order valence-corrected chi connectivity index (χ1v) is 13.2. The van der Waals surface area contributed by atoms with Crippen LogP contribution in [0.5, 0.6) is 0 Å².